The predicted molar refractivity (Wildman–Crippen MR) is 95.2 cm³/mol. The average Bonchev–Trinajstić information content (AvgIpc) is 3.10. The summed E-state index contributed by atoms with van der Waals surface area (Å²) in [6, 6.07) is 19.2. The monoisotopic (exact) mass is 333 g/mol. The van der Waals surface area contributed by atoms with E-state index in [-0.39, 0.29) is 11.5 Å². The zero-order valence-electron chi connectivity index (χ0n) is 13.2. The molecule has 0 aliphatic rings. The lowest BCUT2D eigenvalue weighted by molar-refractivity contribution is -0.111. The van der Waals surface area contributed by atoms with E-state index in [4.69, 9.17) is 9.52 Å². The van der Waals surface area contributed by atoms with Gasteiger partial charge in [0.2, 0.25) is 5.91 Å². The van der Waals surface area contributed by atoms with E-state index in [0.717, 1.165) is 11.3 Å². The molecule has 0 bridgehead atoms. The van der Waals surface area contributed by atoms with Crippen molar-refractivity contribution in [1.82, 2.24) is 0 Å². The van der Waals surface area contributed by atoms with E-state index in [2.05, 4.69) is 5.32 Å². The van der Waals surface area contributed by atoms with Crippen molar-refractivity contribution < 1.29 is 19.1 Å². The molecule has 0 radical (unpaired) electrons. The van der Waals surface area contributed by atoms with Crippen LogP contribution in [-0.2, 0) is 4.79 Å². The first-order valence-corrected chi connectivity index (χ1v) is 7.59. The minimum atomic E-state index is -1.01. The Labute approximate surface area is 144 Å². The van der Waals surface area contributed by atoms with Gasteiger partial charge in [0.25, 0.3) is 0 Å². The summed E-state index contributed by atoms with van der Waals surface area (Å²) in [6.45, 7) is 0. The number of hydrogen-bond acceptors (Lipinski definition) is 3. The molecule has 1 heterocycles. The number of carbonyl (C=O) groups excluding carboxylic acids is 1. The predicted octanol–water partition coefficient (Wildman–Crippen LogP) is 4.30. The van der Waals surface area contributed by atoms with Gasteiger partial charge in [0.05, 0.1) is 5.56 Å². The highest BCUT2D eigenvalue weighted by molar-refractivity contribution is 6.02. The summed E-state index contributed by atoms with van der Waals surface area (Å²) in [7, 11) is 0. The van der Waals surface area contributed by atoms with Gasteiger partial charge in [-0.1, -0.05) is 30.3 Å². The quantitative estimate of drug-likeness (QED) is 0.682. The molecule has 3 rings (SSSR count). The Balaban J connectivity index is 1.63. The summed E-state index contributed by atoms with van der Waals surface area (Å²) in [5, 5.41) is 11.5. The molecule has 5 nitrogen and oxygen atoms in total. The van der Waals surface area contributed by atoms with Crippen LogP contribution in [0.5, 0.6) is 0 Å². The number of carboxylic acid groups (broad SMARTS) is 1. The maximum absolute atomic E-state index is 11.9. The van der Waals surface area contributed by atoms with E-state index in [9.17, 15) is 9.59 Å². The first-order valence-electron chi connectivity index (χ1n) is 7.59. The van der Waals surface area contributed by atoms with Gasteiger partial charge in [-0.3, -0.25) is 4.79 Å². The molecule has 0 saturated carbocycles. The van der Waals surface area contributed by atoms with Crippen molar-refractivity contribution in [3.8, 4) is 11.3 Å². The van der Waals surface area contributed by atoms with Gasteiger partial charge < -0.3 is 14.8 Å². The number of carbonyl (C=O) groups is 2. The molecule has 0 atom stereocenters. The standard InChI is InChI=1S/C20H15NO4/c22-19(21-16-8-6-15(7-9-16)20(23)24)13-11-17-10-12-18(25-17)14-4-2-1-3-5-14/h1-13H,(H,21,22)(H,23,24)/b13-11+. The zero-order chi connectivity index (χ0) is 17.6. The molecule has 0 saturated heterocycles. The molecule has 0 unspecified atom stereocenters. The topological polar surface area (TPSA) is 79.5 Å². The van der Waals surface area contributed by atoms with Crippen LogP contribution >= 0.6 is 0 Å². The molecule has 0 spiro atoms. The molecule has 5 heteroatoms. The lowest BCUT2D eigenvalue weighted by Gasteiger charge is -2.02. The van der Waals surface area contributed by atoms with E-state index in [1.54, 1.807) is 12.1 Å². The minimum absolute atomic E-state index is 0.164. The van der Waals surface area contributed by atoms with Gasteiger partial charge in [-0.15, -0.1) is 0 Å². The Bertz CT molecular complexity index is 908. The molecule has 0 aliphatic carbocycles. The van der Waals surface area contributed by atoms with Crippen LogP contribution in [0, 0.1) is 0 Å². The molecule has 2 N–H and O–H groups in total. The van der Waals surface area contributed by atoms with Crippen LogP contribution in [0.2, 0.25) is 0 Å². The Hall–Kier alpha value is -3.60. The van der Waals surface area contributed by atoms with E-state index in [0.29, 0.717) is 11.4 Å². The Morgan fingerprint density at radius 2 is 1.64 bits per heavy atom. The van der Waals surface area contributed by atoms with Crippen molar-refractivity contribution in [3.63, 3.8) is 0 Å². The average molecular weight is 333 g/mol. The van der Waals surface area contributed by atoms with Gasteiger partial charge in [-0.05, 0) is 42.5 Å². The van der Waals surface area contributed by atoms with Crippen LogP contribution in [0.1, 0.15) is 16.1 Å². The van der Waals surface area contributed by atoms with Crippen molar-refractivity contribution in [2.24, 2.45) is 0 Å². The lowest BCUT2D eigenvalue weighted by atomic mass is 10.2. The second-order valence-electron chi connectivity index (χ2n) is 5.27. The maximum Gasteiger partial charge on any atom is 0.335 e. The highest BCUT2D eigenvalue weighted by Crippen LogP contribution is 2.22. The molecule has 2 aromatic carbocycles. The zero-order valence-corrected chi connectivity index (χ0v) is 13.2. The second-order valence-corrected chi connectivity index (χ2v) is 5.27. The maximum atomic E-state index is 11.9. The SMILES string of the molecule is O=C(/C=C/c1ccc(-c2ccccc2)o1)Nc1ccc(C(=O)O)cc1. The summed E-state index contributed by atoms with van der Waals surface area (Å²) in [4.78, 5) is 22.7. The second kappa shape index (κ2) is 7.31. The molecule has 3 aromatic rings. The van der Waals surface area contributed by atoms with Gasteiger partial charge in [0.15, 0.2) is 0 Å². The first-order chi connectivity index (χ1) is 12.1. The minimum Gasteiger partial charge on any atom is -0.478 e. The number of hydrogen-bond donors (Lipinski definition) is 2. The van der Waals surface area contributed by atoms with Gasteiger partial charge in [-0.2, -0.15) is 0 Å². The molecule has 25 heavy (non-hydrogen) atoms. The number of aromatic carboxylic acids is 1. The highest BCUT2D eigenvalue weighted by Gasteiger charge is 2.04. The van der Waals surface area contributed by atoms with Crippen molar-refractivity contribution >= 4 is 23.6 Å². The summed E-state index contributed by atoms with van der Waals surface area (Å²) in [5.74, 6) is -0.0503. The fourth-order valence-corrected chi connectivity index (χ4v) is 2.24. The number of anilines is 1. The van der Waals surface area contributed by atoms with Crippen LogP contribution in [0.25, 0.3) is 17.4 Å². The van der Waals surface area contributed by atoms with Crippen LogP contribution in [0.3, 0.4) is 0 Å². The smallest absolute Gasteiger partial charge is 0.335 e. The third-order valence-electron chi connectivity index (χ3n) is 3.48. The third kappa shape index (κ3) is 4.23. The molecule has 0 aliphatic heterocycles. The largest absolute Gasteiger partial charge is 0.478 e. The molecule has 124 valence electrons. The Morgan fingerprint density at radius 1 is 0.920 bits per heavy atom. The number of benzene rings is 2. The van der Waals surface area contributed by atoms with Gasteiger partial charge in [0.1, 0.15) is 11.5 Å². The van der Waals surface area contributed by atoms with Gasteiger partial charge >= 0.3 is 5.97 Å². The fourth-order valence-electron chi connectivity index (χ4n) is 2.24. The fraction of sp³-hybridized carbons (Fsp3) is 0. The van der Waals surface area contributed by atoms with Crippen molar-refractivity contribution in [1.29, 1.82) is 0 Å². The molecular formula is C20H15NO4. The number of nitrogens with one attached hydrogen (secondary N) is 1. The van der Waals surface area contributed by atoms with Gasteiger partial charge in [0, 0.05) is 17.3 Å². The van der Waals surface area contributed by atoms with Crippen LogP contribution in [-0.4, -0.2) is 17.0 Å². The summed E-state index contributed by atoms with van der Waals surface area (Å²) >= 11 is 0. The summed E-state index contributed by atoms with van der Waals surface area (Å²) in [6.07, 6.45) is 2.94. The lowest BCUT2D eigenvalue weighted by Crippen LogP contribution is -2.07. The van der Waals surface area contributed by atoms with Crippen LogP contribution in [0.15, 0.2) is 77.2 Å². The summed E-state index contributed by atoms with van der Waals surface area (Å²) < 4.78 is 5.68. The third-order valence-corrected chi connectivity index (χ3v) is 3.48. The Morgan fingerprint density at radius 3 is 2.32 bits per heavy atom. The summed E-state index contributed by atoms with van der Waals surface area (Å²) in [5.41, 5.74) is 1.65. The molecule has 0 fully saturated rings. The normalized spacial score (nSPS) is 10.7. The first kappa shape index (κ1) is 16.3. The van der Waals surface area contributed by atoms with E-state index in [1.807, 2.05) is 36.4 Å². The number of carboxylic acids is 1. The van der Waals surface area contributed by atoms with Gasteiger partial charge in [-0.25, -0.2) is 4.79 Å². The Kier molecular flexibility index (Phi) is 4.76. The molecular weight excluding hydrogens is 318 g/mol. The van der Waals surface area contributed by atoms with Crippen molar-refractivity contribution in [3.05, 3.63) is 84.1 Å². The van der Waals surface area contributed by atoms with Crippen LogP contribution < -0.4 is 5.32 Å². The van der Waals surface area contributed by atoms with Crippen LogP contribution in [0.4, 0.5) is 5.69 Å². The van der Waals surface area contributed by atoms with E-state index in [1.165, 1.54) is 30.3 Å². The molecule has 1 aromatic heterocycles. The highest BCUT2D eigenvalue weighted by atomic mass is 16.4. The number of furan rings is 1. The van der Waals surface area contributed by atoms with Crippen molar-refractivity contribution in [2.45, 2.75) is 0 Å². The number of amides is 1. The molecule has 1 amide bonds. The number of rotatable bonds is 5. The van der Waals surface area contributed by atoms with Crippen molar-refractivity contribution in [2.75, 3.05) is 5.32 Å². The van der Waals surface area contributed by atoms with E-state index < -0.39 is 5.97 Å². The van der Waals surface area contributed by atoms with E-state index >= 15 is 0 Å².